The molecule has 0 atom stereocenters. The molecule has 0 saturated heterocycles. The molecule has 63 heavy (non-hydrogen) atoms. The summed E-state index contributed by atoms with van der Waals surface area (Å²) < 4.78 is 8.73. The van der Waals surface area contributed by atoms with E-state index in [4.69, 9.17) is 4.42 Å². The van der Waals surface area contributed by atoms with Crippen molar-refractivity contribution in [2.75, 3.05) is 4.90 Å². The van der Waals surface area contributed by atoms with Gasteiger partial charge in [-0.3, -0.25) is 0 Å². The molecule has 0 aliphatic rings. The van der Waals surface area contributed by atoms with Gasteiger partial charge in [0.05, 0.1) is 22.7 Å². The molecular weight excluding hydrogens is 767 g/mol. The fourth-order valence-electron chi connectivity index (χ4n) is 9.53. The Morgan fingerprint density at radius 3 is 1.75 bits per heavy atom. The largest absolute Gasteiger partial charge is 0.455 e. The molecular formula is C59H37N3O. The van der Waals surface area contributed by atoms with E-state index in [2.05, 4.69) is 216 Å². The number of nitrogens with zero attached hydrogens (tertiary/aromatic N) is 3. The van der Waals surface area contributed by atoms with Crippen molar-refractivity contribution >= 4 is 71.6 Å². The van der Waals surface area contributed by atoms with Crippen molar-refractivity contribution in [2.45, 2.75) is 0 Å². The average Bonchev–Trinajstić information content (AvgIpc) is 3.90. The van der Waals surface area contributed by atoms with Crippen molar-refractivity contribution < 1.29 is 4.42 Å². The standard InChI is InChI=1S/C59H37N3O/c60-38-39-26-35-52-51-18-4-6-24-55(51)62(56(52)36-39)47-17-10-16-46(37-47)61(45-33-29-42(30-34-45)50-22-11-23-54-53-19-5-7-25-57(53)63-59(50)54)44-31-27-41(28-32-44)49-21-9-15-43-14-8-20-48(58(43)49)40-12-2-1-3-13-40/h1-37H. The molecule has 294 valence electrons. The van der Waals surface area contributed by atoms with Crippen molar-refractivity contribution in [1.82, 2.24) is 4.57 Å². The van der Waals surface area contributed by atoms with E-state index in [0.717, 1.165) is 83.2 Å². The van der Waals surface area contributed by atoms with E-state index in [1.807, 2.05) is 24.3 Å². The van der Waals surface area contributed by atoms with E-state index in [1.54, 1.807) is 0 Å². The van der Waals surface area contributed by atoms with Crippen molar-refractivity contribution in [2.24, 2.45) is 0 Å². The monoisotopic (exact) mass is 803 g/mol. The molecule has 4 heteroatoms. The third-order valence-corrected chi connectivity index (χ3v) is 12.4. The maximum absolute atomic E-state index is 9.92. The van der Waals surface area contributed by atoms with Crippen LogP contribution >= 0.6 is 0 Å². The summed E-state index contributed by atoms with van der Waals surface area (Å²) in [6.45, 7) is 0. The van der Waals surface area contributed by atoms with Gasteiger partial charge in [0.25, 0.3) is 0 Å². The van der Waals surface area contributed by atoms with Crippen LogP contribution in [0.4, 0.5) is 17.1 Å². The summed E-state index contributed by atoms with van der Waals surface area (Å²) in [6.07, 6.45) is 0. The summed E-state index contributed by atoms with van der Waals surface area (Å²) in [4.78, 5) is 2.33. The lowest BCUT2D eigenvalue weighted by Crippen LogP contribution is -2.10. The van der Waals surface area contributed by atoms with Gasteiger partial charge in [0, 0.05) is 49.9 Å². The van der Waals surface area contributed by atoms with E-state index < -0.39 is 0 Å². The highest BCUT2D eigenvalue weighted by Gasteiger charge is 2.19. The quantitative estimate of drug-likeness (QED) is 0.161. The number of furan rings is 1. The lowest BCUT2D eigenvalue weighted by atomic mass is 9.91. The van der Waals surface area contributed by atoms with Crippen LogP contribution in [-0.2, 0) is 0 Å². The maximum atomic E-state index is 9.92. The molecule has 0 unspecified atom stereocenters. The Kier molecular flexibility index (Phi) is 8.52. The maximum Gasteiger partial charge on any atom is 0.143 e. The fourth-order valence-corrected chi connectivity index (χ4v) is 9.53. The molecule has 0 bridgehead atoms. The van der Waals surface area contributed by atoms with Gasteiger partial charge in [-0.25, -0.2) is 0 Å². The number of anilines is 3. The van der Waals surface area contributed by atoms with Crippen LogP contribution in [0.15, 0.2) is 229 Å². The highest BCUT2D eigenvalue weighted by Crippen LogP contribution is 2.42. The SMILES string of the molecule is N#Cc1ccc2c3ccccc3n(-c3cccc(N(c4ccc(-c5cccc6c5oc5ccccc56)cc4)c4ccc(-c5cccc6cccc(-c7ccccc7)c56)cc4)c3)c2c1. The molecule has 10 aromatic carbocycles. The number of nitriles is 1. The van der Waals surface area contributed by atoms with Gasteiger partial charge in [-0.05, 0) is 105 Å². The molecule has 0 fully saturated rings. The predicted molar refractivity (Wildman–Crippen MR) is 261 cm³/mol. The highest BCUT2D eigenvalue weighted by molar-refractivity contribution is 6.11. The second-order valence-corrected chi connectivity index (χ2v) is 16.0. The van der Waals surface area contributed by atoms with E-state index in [9.17, 15) is 5.26 Å². The normalized spacial score (nSPS) is 11.5. The zero-order valence-electron chi connectivity index (χ0n) is 34.1. The van der Waals surface area contributed by atoms with E-state index in [1.165, 1.54) is 27.5 Å². The number of rotatable bonds is 7. The van der Waals surface area contributed by atoms with Crippen LogP contribution in [0.3, 0.4) is 0 Å². The van der Waals surface area contributed by atoms with Gasteiger partial charge in [0.1, 0.15) is 11.2 Å². The first kappa shape index (κ1) is 36.2. The average molecular weight is 804 g/mol. The molecule has 0 spiro atoms. The molecule has 0 saturated carbocycles. The molecule has 0 radical (unpaired) electrons. The van der Waals surface area contributed by atoms with Gasteiger partial charge in [0.2, 0.25) is 0 Å². The van der Waals surface area contributed by atoms with Gasteiger partial charge in [-0.2, -0.15) is 5.26 Å². The number of aromatic nitrogens is 1. The smallest absolute Gasteiger partial charge is 0.143 e. The minimum Gasteiger partial charge on any atom is -0.455 e. The number of para-hydroxylation sites is 3. The summed E-state index contributed by atoms with van der Waals surface area (Å²) in [5.74, 6) is 0. The third-order valence-electron chi connectivity index (χ3n) is 12.4. The minimum absolute atomic E-state index is 0.630. The van der Waals surface area contributed by atoms with Crippen LogP contribution in [0.25, 0.3) is 93.6 Å². The van der Waals surface area contributed by atoms with Gasteiger partial charge in [-0.1, -0.05) is 158 Å². The second-order valence-electron chi connectivity index (χ2n) is 16.0. The Bertz CT molecular complexity index is 3740. The van der Waals surface area contributed by atoms with Crippen LogP contribution in [-0.4, -0.2) is 4.57 Å². The Labute approximate surface area is 364 Å². The Morgan fingerprint density at radius 2 is 1.00 bits per heavy atom. The zero-order chi connectivity index (χ0) is 41.9. The van der Waals surface area contributed by atoms with E-state index >= 15 is 0 Å². The zero-order valence-corrected chi connectivity index (χ0v) is 34.1. The second kappa shape index (κ2) is 14.8. The summed E-state index contributed by atoms with van der Waals surface area (Å²) >= 11 is 0. The first-order chi connectivity index (χ1) is 31.2. The van der Waals surface area contributed by atoms with Crippen molar-refractivity contribution in [3.63, 3.8) is 0 Å². The van der Waals surface area contributed by atoms with Crippen LogP contribution in [0.1, 0.15) is 5.56 Å². The molecule has 4 nitrogen and oxygen atoms in total. The summed E-state index contributed by atoms with van der Waals surface area (Å²) in [6, 6.07) is 81.6. The molecule has 0 aliphatic heterocycles. The number of fused-ring (bicyclic) bond motifs is 7. The molecule has 2 heterocycles. The van der Waals surface area contributed by atoms with E-state index in [-0.39, 0.29) is 0 Å². The molecule has 0 aliphatic carbocycles. The number of hydrogen-bond donors (Lipinski definition) is 0. The van der Waals surface area contributed by atoms with Crippen molar-refractivity contribution in [1.29, 1.82) is 5.26 Å². The van der Waals surface area contributed by atoms with Crippen LogP contribution < -0.4 is 4.90 Å². The van der Waals surface area contributed by atoms with Gasteiger partial charge >= 0.3 is 0 Å². The first-order valence-corrected chi connectivity index (χ1v) is 21.2. The van der Waals surface area contributed by atoms with Crippen molar-refractivity contribution in [3.8, 4) is 45.1 Å². The van der Waals surface area contributed by atoms with Crippen molar-refractivity contribution in [3.05, 3.63) is 230 Å². The molecule has 12 rings (SSSR count). The van der Waals surface area contributed by atoms with Crippen LogP contribution in [0, 0.1) is 11.3 Å². The molecule has 2 aromatic heterocycles. The number of hydrogen-bond acceptors (Lipinski definition) is 3. The van der Waals surface area contributed by atoms with Gasteiger partial charge < -0.3 is 13.9 Å². The van der Waals surface area contributed by atoms with Crippen LogP contribution in [0.2, 0.25) is 0 Å². The Morgan fingerprint density at radius 1 is 0.413 bits per heavy atom. The summed E-state index contributed by atoms with van der Waals surface area (Å²) in [7, 11) is 0. The fraction of sp³-hybridized carbons (Fsp3) is 0. The van der Waals surface area contributed by atoms with Gasteiger partial charge in [-0.15, -0.1) is 0 Å². The molecule has 12 aromatic rings. The summed E-state index contributed by atoms with van der Waals surface area (Å²) in [5.41, 5.74) is 15.4. The molecule has 0 N–H and O–H groups in total. The summed E-state index contributed by atoms with van der Waals surface area (Å²) in [5, 5.41) is 16.9. The molecule has 0 amide bonds. The topological polar surface area (TPSA) is 45.1 Å². The van der Waals surface area contributed by atoms with Crippen LogP contribution in [0.5, 0.6) is 0 Å². The third kappa shape index (κ3) is 6.06. The number of benzene rings is 10. The van der Waals surface area contributed by atoms with E-state index in [0.29, 0.717) is 5.56 Å². The highest BCUT2D eigenvalue weighted by atomic mass is 16.3. The minimum atomic E-state index is 0.630. The lowest BCUT2D eigenvalue weighted by molar-refractivity contribution is 0.670. The Hall–Kier alpha value is -8.65. The lowest BCUT2D eigenvalue weighted by Gasteiger charge is -2.27. The first-order valence-electron chi connectivity index (χ1n) is 21.2. The predicted octanol–water partition coefficient (Wildman–Crippen LogP) is 16.2. The van der Waals surface area contributed by atoms with Gasteiger partial charge in [0.15, 0.2) is 0 Å². The Balaban J connectivity index is 1.01.